The number of hydrogen-bond donors (Lipinski definition) is 1. The van der Waals surface area contributed by atoms with Gasteiger partial charge in [0.25, 0.3) is 0 Å². The van der Waals surface area contributed by atoms with Crippen LogP contribution in [0.1, 0.15) is 5.56 Å². The number of aromatic hydroxyl groups is 1. The van der Waals surface area contributed by atoms with Gasteiger partial charge >= 0.3 is 0 Å². The zero-order valence-electron chi connectivity index (χ0n) is 9.33. The van der Waals surface area contributed by atoms with Crippen LogP contribution in [0.3, 0.4) is 0 Å². The summed E-state index contributed by atoms with van der Waals surface area (Å²) in [5, 5.41) is 14.1. The summed E-state index contributed by atoms with van der Waals surface area (Å²) in [4.78, 5) is 4.44. The molecular formula is C13H11N3O. The van der Waals surface area contributed by atoms with Gasteiger partial charge in [-0.05, 0) is 30.7 Å². The third-order valence-electron chi connectivity index (χ3n) is 2.70. The van der Waals surface area contributed by atoms with Gasteiger partial charge < -0.3 is 5.11 Å². The van der Waals surface area contributed by atoms with Crippen LogP contribution in [0.4, 0.5) is 0 Å². The second kappa shape index (κ2) is 3.59. The van der Waals surface area contributed by atoms with Gasteiger partial charge in [0.1, 0.15) is 5.75 Å². The number of phenolic OH excluding ortho intramolecular Hbond substituents is 1. The maximum atomic E-state index is 9.77. The van der Waals surface area contributed by atoms with Gasteiger partial charge in [0, 0.05) is 6.20 Å². The molecule has 3 aromatic rings. The molecule has 0 aliphatic rings. The fourth-order valence-electron chi connectivity index (χ4n) is 1.82. The van der Waals surface area contributed by atoms with Crippen LogP contribution in [-0.4, -0.2) is 19.7 Å². The topological polar surface area (TPSA) is 50.4 Å². The largest absolute Gasteiger partial charge is 0.507 e. The second-order valence-electron chi connectivity index (χ2n) is 3.91. The Balaban J connectivity index is 2.26. The molecule has 4 nitrogen and oxygen atoms in total. The molecule has 0 radical (unpaired) electrons. The van der Waals surface area contributed by atoms with Gasteiger partial charge in [-0.15, -0.1) is 5.10 Å². The molecule has 0 aliphatic carbocycles. The van der Waals surface area contributed by atoms with E-state index in [0.29, 0.717) is 11.4 Å². The summed E-state index contributed by atoms with van der Waals surface area (Å²) in [6, 6.07) is 11.0. The maximum absolute atomic E-state index is 9.77. The monoisotopic (exact) mass is 225 g/mol. The number of benzene rings is 1. The highest BCUT2D eigenvalue weighted by Crippen LogP contribution is 2.26. The van der Waals surface area contributed by atoms with Crippen molar-refractivity contribution >= 4 is 5.65 Å². The lowest BCUT2D eigenvalue weighted by atomic mass is 10.2. The summed E-state index contributed by atoms with van der Waals surface area (Å²) >= 11 is 0. The Hall–Kier alpha value is -2.36. The first-order valence-electron chi connectivity index (χ1n) is 5.36. The molecule has 4 heteroatoms. The third kappa shape index (κ3) is 1.54. The summed E-state index contributed by atoms with van der Waals surface area (Å²) < 4.78 is 1.72. The van der Waals surface area contributed by atoms with E-state index in [2.05, 4.69) is 10.1 Å². The van der Waals surface area contributed by atoms with Crippen molar-refractivity contribution in [3.05, 3.63) is 48.2 Å². The minimum Gasteiger partial charge on any atom is -0.507 e. The van der Waals surface area contributed by atoms with Crippen molar-refractivity contribution in [3.8, 4) is 17.1 Å². The van der Waals surface area contributed by atoms with Crippen LogP contribution in [0, 0.1) is 6.92 Å². The Morgan fingerprint density at radius 1 is 1.12 bits per heavy atom. The molecule has 2 heterocycles. The maximum Gasteiger partial charge on any atom is 0.185 e. The van der Waals surface area contributed by atoms with Crippen LogP contribution in [0.25, 0.3) is 17.0 Å². The van der Waals surface area contributed by atoms with E-state index in [1.54, 1.807) is 22.7 Å². The number of nitrogens with zero attached hydrogens (tertiary/aromatic N) is 3. The lowest BCUT2D eigenvalue weighted by molar-refractivity contribution is 0.477. The van der Waals surface area contributed by atoms with E-state index >= 15 is 0 Å². The molecule has 0 unspecified atom stereocenters. The highest BCUT2D eigenvalue weighted by Gasteiger charge is 2.10. The van der Waals surface area contributed by atoms with Crippen LogP contribution in [0.2, 0.25) is 0 Å². The summed E-state index contributed by atoms with van der Waals surface area (Å²) in [6.07, 6.45) is 1.85. The third-order valence-corrected chi connectivity index (χ3v) is 2.70. The smallest absolute Gasteiger partial charge is 0.185 e. The molecule has 3 rings (SSSR count). The fourth-order valence-corrected chi connectivity index (χ4v) is 1.82. The number of rotatable bonds is 1. The average Bonchev–Trinajstić information content (AvgIpc) is 2.75. The van der Waals surface area contributed by atoms with Gasteiger partial charge in [-0.1, -0.05) is 18.2 Å². The van der Waals surface area contributed by atoms with E-state index < -0.39 is 0 Å². The number of hydrogen-bond acceptors (Lipinski definition) is 3. The van der Waals surface area contributed by atoms with Gasteiger partial charge in [0.2, 0.25) is 0 Å². The van der Waals surface area contributed by atoms with E-state index in [1.807, 2.05) is 31.3 Å². The predicted molar refractivity (Wildman–Crippen MR) is 64.8 cm³/mol. The molecule has 17 heavy (non-hydrogen) atoms. The molecule has 0 atom stereocenters. The average molecular weight is 225 g/mol. The number of fused-ring (bicyclic) bond motifs is 1. The molecule has 0 saturated carbocycles. The zero-order chi connectivity index (χ0) is 11.8. The van der Waals surface area contributed by atoms with Crippen molar-refractivity contribution in [1.82, 2.24) is 14.6 Å². The van der Waals surface area contributed by atoms with Crippen LogP contribution >= 0.6 is 0 Å². The normalized spacial score (nSPS) is 10.9. The summed E-state index contributed by atoms with van der Waals surface area (Å²) in [5.41, 5.74) is 2.52. The Morgan fingerprint density at radius 2 is 1.94 bits per heavy atom. The van der Waals surface area contributed by atoms with Crippen molar-refractivity contribution in [1.29, 1.82) is 0 Å². The van der Waals surface area contributed by atoms with Crippen molar-refractivity contribution in [2.45, 2.75) is 6.92 Å². The number of aryl methyl sites for hydroxylation is 1. The number of para-hydroxylation sites is 1. The van der Waals surface area contributed by atoms with Gasteiger partial charge in [0.05, 0.1) is 5.56 Å². The molecule has 0 amide bonds. The summed E-state index contributed by atoms with van der Waals surface area (Å²) in [6.45, 7) is 1.98. The molecule has 0 bridgehead atoms. The molecule has 2 aromatic heterocycles. The molecule has 1 aromatic carbocycles. The summed E-state index contributed by atoms with van der Waals surface area (Å²) in [7, 11) is 0. The van der Waals surface area contributed by atoms with E-state index in [-0.39, 0.29) is 5.75 Å². The number of pyridine rings is 1. The first-order chi connectivity index (χ1) is 8.25. The Bertz CT molecular complexity index is 688. The van der Waals surface area contributed by atoms with Crippen molar-refractivity contribution < 1.29 is 5.11 Å². The lowest BCUT2D eigenvalue weighted by Crippen LogP contribution is -1.87. The van der Waals surface area contributed by atoms with Gasteiger partial charge in [-0.2, -0.15) is 0 Å². The van der Waals surface area contributed by atoms with E-state index in [0.717, 1.165) is 11.2 Å². The van der Waals surface area contributed by atoms with Crippen molar-refractivity contribution in [2.75, 3.05) is 0 Å². The van der Waals surface area contributed by atoms with Gasteiger partial charge in [-0.3, -0.25) is 0 Å². The molecule has 0 fully saturated rings. The van der Waals surface area contributed by atoms with Crippen LogP contribution in [0.5, 0.6) is 5.75 Å². The Kier molecular flexibility index (Phi) is 2.08. The molecule has 84 valence electrons. The van der Waals surface area contributed by atoms with Crippen LogP contribution in [-0.2, 0) is 0 Å². The second-order valence-corrected chi connectivity index (χ2v) is 3.91. The number of phenols is 1. The summed E-state index contributed by atoms with van der Waals surface area (Å²) in [5.74, 6) is 0.735. The van der Waals surface area contributed by atoms with Crippen LogP contribution in [0.15, 0.2) is 42.6 Å². The highest BCUT2D eigenvalue weighted by atomic mass is 16.3. The molecule has 0 spiro atoms. The quantitative estimate of drug-likeness (QED) is 0.691. The SMILES string of the molecule is Cc1cccn2nc(-c3ccccc3O)nc12. The van der Waals surface area contributed by atoms with Crippen molar-refractivity contribution in [3.63, 3.8) is 0 Å². The Morgan fingerprint density at radius 3 is 2.71 bits per heavy atom. The minimum atomic E-state index is 0.195. The zero-order valence-corrected chi connectivity index (χ0v) is 9.33. The van der Waals surface area contributed by atoms with Crippen LogP contribution < -0.4 is 0 Å². The molecular weight excluding hydrogens is 214 g/mol. The van der Waals surface area contributed by atoms with E-state index in [4.69, 9.17) is 0 Å². The molecule has 1 N–H and O–H groups in total. The van der Waals surface area contributed by atoms with Gasteiger partial charge in [-0.25, -0.2) is 9.50 Å². The van der Waals surface area contributed by atoms with E-state index in [1.165, 1.54) is 0 Å². The predicted octanol–water partition coefficient (Wildman–Crippen LogP) is 2.41. The molecule has 0 aliphatic heterocycles. The van der Waals surface area contributed by atoms with Gasteiger partial charge in [0.15, 0.2) is 11.5 Å². The van der Waals surface area contributed by atoms with Crippen molar-refractivity contribution in [2.24, 2.45) is 0 Å². The first-order valence-corrected chi connectivity index (χ1v) is 5.36. The minimum absolute atomic E-state index is 0.195. The fraction of sp³-hybridized carbons (Fsp3) is 0.0769. The molecule has 0 saturated heterocycles. The standard InChI is InChI=1S/C13H11N3O/c1-9-5-4-8-16-13(9)14-12(15-16)10-6-2-3-7-11(10)17/h2-8,17H,1H3. The Labute approximate surface area is 98.2 Å². The lowest BCUT2D eigenvalue weighted by Gasteiger charge is -1.97. The van der Waals surface area contributed by atoms with E-state index in [9.17, 15) is 5.11 Å². The first kappa shape index (κ1) is 9.84. The highest BCUT2D eigenvalue weighted by molar-refractivity contribution is 5.65. The number of aromatic nitrogens is 3.